The fourth-order valence-corrected chi connectivity index (χ4v) is 4.02. The van der Waals surface area contributed by atoms with Crippen LogP contribution in [-0.4, -0.2) is 11.1 Å². The van der Waals surface area contributed by atoms with Crippen LogP contribution in [0.25, 0.3) is 0 Å². The average Bonchev–Trinajstić information content (AvgIpc) is 2.27. The maximum absolute atomic E-state index is 6.70. The summed E-state index contributed by atoms with van der Waals surface area (Å²) in [4.78, 5) is 0. The Morgan fingerprint density at radius 1 is 0.824 bits per heavy atom. The van der Waals surface area contributed by atoms with Gasteiger partial charge < -0.3 is 11.5 Å². The molecule has 0 bridgehead atoms. The zero-order chi connectivity index (χ0) is 12.5. The van der Waals surface area contributed by atoms with E-state index in [2.05, 4.69) is 13.8 Å². The summed E-state index contributed by atoms with van der Waals surface area (Å²) in [6, 6.07) is 0. The van der Waals surface area contributed by atoms with Gasteiger partial charge in [0.15, 0.2) is 0 Å². The van der Waals surface area contributed by atoms with Crippen LogP contribution in [0.4, 0.5) is 0 Å². The van der Waals surface area contributed by atoms with Gasteiger partial charge in [-0.3, -0.25) is 0 Å². The highest BCUT2D eigenvalue weighted by molar-refractivity contribution is 5.03. The zero-order valence-electron chi connectivity index (χ0n) is 11.7. The molecule has 0 aromatic carbocycles. The first-order valence-electron chi connectivity index (χ1n) is 7.54. The molecule has 0 amide bonds. The van der Waals surface area contributed by atoms with Gasteiger partial charge in [0.05, 0.1) is 0 Å². The fourth-order valence-electron chi connectivity index (χ4n) is 4.02. The normalized spacial score (nSPS) is 48.0. The van der Waals surface area contributed by atoms with Crippen LogP contribution in [0.3, 0.4) is 0 Å². The molecule has 2 nitrogen and oxygen atoms in total. The van der Waals surface area contributed by atoms with Crippen LogP contribution in [0, 0.1) is 11.8 Å². The van der Waals surface area contributed by atoms with Gasteiger partial charge in [-0.2, -0.15) is 0 Å². The summed E-state index contributed by atoms with van der Waals surface area (Å²) in [5.41, 5.74) is 13.4. The Bertz CT molecular complexity index is 240. The van der Waals surface area contributed by atoms with Crippen LogP contribution >= 0.6 is 0 Å². The first-order chi connectivity index (χ1) is 7.96. The lowest BCUT2D eigenvalue weighted by Gasteiger charge is -2.49. The predicted molar refractivity (Wildman–Crippen MR) is 73.7 cm³/mol. The summed E-state index contributed by atoms with van der Waals surface area (Å²) in [7, 11) is 0. The van der Waals surface area contributed by atoms with E-state index >= 15 is 0 Å². The molecular formula is C15H30N2. The summed E-state index contributed by atoms with van der Waals surface area (Å²) in [6.07, 6.45) is 11.3. The molecule has 0 spiro atoms. The molecule has 100 valence electrons. The van der Waals surface area contributed by atoms with E-state index in [1.807, 2.05) is 0 Å². The van der Waals surface area contributed by atoms with E-state index in [1.54, 1.807) is 0 Å². The number of hydrogen-bond donors (Lipinski definition) is 2. The molecule has 0 radical (unpaired) electrons. The molecule has 0 aromatic heterocycles. The highest BCUT2D eigenvalue weighted by atomic mass is 14.8. The van der Waals surface area contributed by atoms with Crippen LogP contribution < -0.4 is 11.5 Å². The number of rotatable bonds is 2. The van der Waals surface area contributed by atoms with Crippen molar-refractivity contribution in [1.29, 1.82) is 0 Å². The lowest BCUT2D eigenvalue weighted by Crippen LogP contribution is -2.59. The van der Waals surface area contributed by atoms with Crippen molar-refractivity contribution in [2.24, 2.45) is 23.3 Å². The number of hydrogen-bond acceptors (Lipinski definition) is 2. The number of nitrogens with two attached hydrogens (primary N) is 2. The molecule has 0 saturated heterocycles. The third-order valence-electron chi connectivity index (χ3n) is 5.68. The van der Waals surface area contributed by atoms with Gasteiger partial charge in [0, 0.05) is 11.1 Å². The molecule has 2 aliphatic rings. The molecule has 2 aliphatic carbocycles. The Morgan fingerprint density at radius 2 is 1.24 bits per heavy atom. The van der Waals surface area contributed by atoms with Crippen LogP contribution in [0.5, 0.6) is 0 Å². The van der Waals surface area contributed by atoms with E-state index in [4.69, 9.17) is 11.5 Å². The molecule has 4 unspecified atom stereocenters. The van der Waals surface area contributed by atoms with Crippen LogP contribution in [0.2, 0.25) is 0 Å². The molecule has 2 saturated carbocycles. The molecule has 4 N–H and O–H groups in total. The first-order valence-corrected chi connectivity index (χ1v) is 7.54. The third-order valence-corrected chi connectivity index (χ3v) is 5.68. The van der Waals surface area contributed by atoms with Crippen molar-refractivity contribution in [3.8, 4) is 0 Å². The Balaban J connectivity index is 2.07. The molecule has 2 fully saturated rings. The highest BCUT2D eigenvalue weighted by Crippen LogP contribution is 2.42. The molecule has 0 aromatic rings. The molecule has 2 rings (SSSR count). The summed E-state index contributed by atoms with van der Waals surface area (Å²) in [5, 5.41) is 0. The minimum absolute atomic E-state index is 0.0125. The lowest BCUT2D eigenvalue weighted by molar-refractivity contribution is 0.0994. The second-order valence-corrected chi connectivity index (χ2v) is 6.94. The van der Waals surface area contributed by atoms with E-state index < -0.39 is 0 Å². The van der Waals surface area contributed by atoms with E-state index in [-0.39, 0.29) is 11.1 Å². The monoisotopic (exact) mass is 238 g/mol. The largest absolute Gasteiger partial charge is 0.325 e. The van der Waals surface area contributed by atoms with Crippen LogP contribution in [0.1, 0.15) is 71.6 Å². The van der Waals surface area contributed by atoms with E-state index in [0.717, 1.165) is 6.42 Å². The van der Waals surface area contributed by atoms with Gasteiger partial charge >= 0.3 is 0 Å². The Morgan fingerprint density at radius 3 is 1.59 bits per heavy atom. The van der Waals surface area contributed by atoms with E-state index in [9.17, 15) is 0 Å². The first kappa shape index (κ1) is 13.4. The van der Waals surface area contributed by atoms with Crippen molar-refractivity contribution < 1.29 is 0 Å². The molecule has 0 heterocycles. The second-order valence-electron chi connectivity index (χ2n) is 6.94. The minimum Gasteiger partial charge on any atom is -0.325 e. The maximum atomic E-state index is 6.70. The Labute approximate surface area is 107 Å². The Kier molecular flexibility index (Phi) is 3.84. The molecular weight excluding hydrogens is 208 g/mol. The van der Waals surface area contributed by atoms with Crippen molar-refractivity contribution >= 4 is 0 Å². The maximum Gasteiger partial charge on any atom is 0.0197 e. The minimum atomic E-state index is 0.0125. The fraction of sp³-hybridized carbons (Fsp3) is 1.00. The van der Waals surface area contributed by atoms with Gasteiger partial charge in [0.2, 0.25) is 0 Å². The van der Waals surface area contributed by atoms with Gasteiger partial charge in [0.25, 0.3) is 0 Å². The summed E-state index contributed by atoms with van der Waals surface area (Å²) >= 11 is 0. The highest BCUT2D eigenvalue weighted by Gasteiger charge is 2.44. The summed E-state index contributed by atoms with van der Waals surface area (Å²) < 4.78 is 0. The van der Waals surface area contributed by atoms with Crippen molar-refractivity contribution in [3.05, 3.63) is 0 Å². The van der Waals surface area contributed by atoms with Crippen LogP contribution in [-0.2, 0) is 0 Å². The third kappa shape index (κ3) is 2.68. The quantitative estimate of drug-likeness (QED) is 0.776. The molecule has 17 heavy (non-hydrogen) atoms. The molecule has 0 aliphatic heterocycles. The van der Waals surface area contributed by atoms with Gasteiger partial charge in [-0.1, -0.05) is 39.5 Å². The molecule has 2 heteroatoms. The van der Waals surface area contributed by atoms with Crippen molar-refractivity contribution in [2.75, 3.05) is 0 Å². The van der Waals surface area contributed by atoms with Gasteiger partial charge in [-0.05, 0) is 43.9 Å². The van der Waals surface area contributed by atoms with Gasteiger partial charge in [-0.15, -0.1) is 0 Å². The van der Waals surface area contributed by atoms with E-state index in [0.29, 0.717) is 11.8 Å². The SMILES string of the molecule is CC1CCCCC1(N)CC1(N)CCCCC1C. The van der Waals surface area contributed by atoms with E-state index in [1.165, 1.54) is 51.4 Å². The van der Waals surface area contributed by atoms with Crippen molar-refractivity contribution in [1.82, 2.24) is 0 Å². The lowest BCUT2D eigenvalue weighted by atomic mass is 9.62. The topological polar surface area (TPSA) is 52.0 Å². The van der Waals surface area contributed by atoms with Gasteiger partial charge in [-0.25, -0.2) is 0 Å². The van der Waals surface area contributed by atoms with Crippen molar-refractivity contribution in [2.45, 2.75) is 82.7 Å². The second kappa shape index (κ2) is 4.89. The van der Waals surface area contributed by atoms with Crippen molar-refractivity contribution in [3.63, 3.8) is 0 Å². The van der Waals surface area contributed by atoms with Crippen LogP contribution in [0.15, 0.2) is 0 Å². The average molecular weight is 238 g/mol. The predicted octanol–water partition coefficient (Wildman–Crippen LogP) is 3.19. The summed E-state index contributed by atoms with van der Waals surface area (Å²) in [5.74, 6) is 1.29. The summed E-state index contributed by atoms with van der Waals surface area (Å²) in [6.45, 7) is 4.66. The molecule has 4 atom stereocenters. The standard InChI is InChI=1S/C15H30N2/c1-12-7-3-5-9-14(12,16)11-15(17)10-6-4-8-13(15)2/h12-13H,3-11,16-17H2,1-2H3. The zero-order valence-corrected chi connectivity index (χ0v) is 11.7. The Hall–Kier alpha value is -0.0800. The smallest absolute Gasteiger partial charge is 0.0197 e. The van der Waals surface area contributed by atoms with Gasteiger partial charge in [0.1, 0.15) is 0 Å².